The second-order valence-electron chi connectivity index (χ2n) is 11.0. The van der Waals surface area contributed by atoms with Gasteiger partial charge in [-0.2, -0.15) is 0 Å². The average molecular weight is 523 g/mol. The molecule has 0 fully saturated rings. The Balaban J connectivity index is 3.54. The molecule has 1 N–H and O–H groups in total. The Morgan fingerprint density at radius 1 is 0.568 bits per heavy atom. The number of ether oxygens (including phenoxy) is 1. The lowest BCUT2D eigenvalue weighted by atomic mass is 10.0. The van der Waals surface area contributed by atoms with Crippen molar-refractivity contribution in [1.29, 1.82) is 0 Å². The van der Waals surface area contributed by atoms with Gasteiger partial charge in [0.2, 0.25) is 0 Å². The van der Waals surface area contributed by atoms with Crippen LogP contribution in [-0.2, 0) is 14.3 Å². The highest BCUT2D eigenvalue weighted by atomic mass is 16.5. The minimum atomic E-state index is -0.730. The predicted octanol–water partition coefficient (Wildman–Crippen LogP) is 10.7. The van der Waals surface area contributed by atoms with Crippen molar-refractivity contribution in [2.24, 2.45) is 0 Å². The third-order valence-corrected chi connectivity index (χ3v) is 7.24. The summed E-state index contributed by atoms with van der Waals surface area (Å²) in [5, 5.41) is 8.74. The molecule has 4 heteroatoms. The Morgan fingerprint density at radius 3 is 1.54 bits per heavy atom. The minimum absolute atomic E-state index is 0.00749. The van der Waals surface area contributed by atoms with Crippen LogP contribution in [0, 0.1) is 0 Å². The summed E-state index contributed by atoms with van der Waals surface area (Å²) in [7, 11) is 0. The molecule has 218 valence electrons. The molecule has 0 radical (unpaired) electrons. The van der Waals surface area contributed by atoms with E-state index in [1.807, 2.05) is 0 Å². The molecule has 0 spiro atoms. The summed E-state index contributed by atoms with van der Waals surface area (Å²) < 4.78 is 5.76. The number of unbranched alkanes of at least 4 members (excludes halogenated alkanes) is 18. The lowest BCUT2D eigenvalue weighted by Gasteiger charge is -2.17. The van der Waals surface area contributed by atoms with E-state index in [2.05, 4.69) is 26.0 Å². The Hall–Kier alpha value is -1.32. The van der Waals surface area contributed by atoms with Crippen LogP contribution in [0.25, 0.3) is 0 Å². The van der Waals surface area contributed by atoms with Gasteiger partial charge in [0, 0.05) is 12.8 Å². The Kier molecular flexibility index (Phi) is 28.2. The number of esters is 1. The monoisotopic (exact) mass is 522 g/mol. The Bertz CT molecular complexity index is 528. The highest BCUT2D eigenvalue weighted by molar-refractivity contribution is 5.69. The fraction of sp³-hybridized carbons (Fsp3) is 0.879. The fourth-order valence-electron chi connectivity index (χ4n) is 4.81. The molecule has 0 aromatic heterocycles. The summed E-state index contributed by atoms with van der Waals surface area (Å²) in [6, 6.07) is 0. The van der Waals surface area contributed by atoms with Gasteiger partial charge in [-0.3, -0.25) is 9.59 Å². The van der Waals surface area contributed by atoms with Gasteiger partial charge in [-0.05, 0) is 57.8 Å². The molecule has 0 amide bonds. The number of aliphatic carboxylic acids is 1. The maximum Gasteiger partial charge on any atom is 0.306 e. The summed E-state index contributed by atoms with van der Waals surface area (Å²) in [6.07, 6.45) is 34.1. The molecule has 0 aromatic carbocycles. The number of carbonyl (C=O) groups is 2. The summed E-state index contributed by atoms with van der Waals surface area (Å²) in [4.78, 5) is 22.9. The molecule has 0 saturated carbocycles. The van der Waals surface area contributed by atoms with E-state index in [0.29, 0.717) is 12.8 Å². The number of rotatable bonds is 29. The predicted molar refractivity (Wildman–Crippen MR) is 158 cm³/mol. The quantitative estimate of drug-likeness (QED) is 0.0602. The van der Waals surface area contributed by atoms with Gasteiger partial charge in [0.25, 0.3) is 0 Å². The second kappa shape index (κ2) is 29.2. The first-order valence-corrected chi connectivity index (χ1v) is 16.2. The number of hydrogen-bond acceptors (Lipinski definition) is 3. The molecule has 37 heavy (non-hydrogen) atoms. The number of carbonyl (C=O) groups excluding carboxylic acids is 1. The van der Waals surface area contributed by atoms with Gasteiger partial charge >= 0.3 is 11.9 Å². The van der Waals surface area contributed by atoms with Gasteiger partial charge in [0.05, 0.1) is 0 Å². The van der Waals surface area contributed by atoms with Gasteiger partial charge in [-0.15, -0.1) is 0 Å². The van der Waals surface area contributed by atoms with Crippen LogP contribution >= 0.6 is 0 Å². The van der Waals surface area contributed by atoms with Crippen molar-refractivity contribution in [3.63, 3.8) is 0 Å². The van der Waals surface area contributed by atoms with Crippen molar-refractivity contribution in [2.75, 3.05) is 0 Å². The SMILES string of the molecule is CCCCCCCC/C=C\CCCCCCCCCCCC(=O)OC(CCCC)CCCCCC(=O)O. The third-order valence-electron chi connectivity index (χ3n) is 7.24. The van der Waals surface area contributed by atoms with Crippen LogP contribution in [-0.4, -0.2) is 23.1 Å². The molecule has 1 unspecified atom stereocenters. The van der Waals surface area contributed by atoms with Gasteiger partial charge in [-0.1, -0.05) is 122 Å². The van der Waals surface area contributed by atoms with Crippen molar-refractivity contribution in [2.45, 2.75) is 187 Å². The highest BCUT2D eigenvalue weighted by Crippen LogP contribution is 2.17. The Morgan fingerprint density at radius 2 is 1.00 bits per heavy atom. The van der Waals surface area contributed by atoms with E-state index in [0.717, 1.165) is 51.4 Å². The van der Waals surface area contributed by atoms with E-state index < -0.39 is 5.97 Å². The smallest absolute Gasteiger partial charge is 0.306 e. The van der Waals surface area contributed by atoms with E-state index in [-0.39, 0.29) is 18.5 Å². The molecular weight excluding hydrogens is 460 g/mol. The standard InChI is InChI=1S/C33H62O4/c1-3-5-7-8-9-10-11-12-13-14-15-16-17-18-19-20-21-22-26-30-33(36)37-31(27-6-4-2)28-24-23-25-29-32(34)35/h12-13,31H,3-11,14-30H2,1-2H3,(H,34,35)/b13-12-. The van der Waals surface area contributed by atoms with E-state index in [1.54, 1.807) is 0 Å². The average Bonchev–Trinajstić information content (AvgIpc) is 2.88. The van der Waals surface area contributed by atoms with Gasteiger partial charge < -0.3 is 9.84 Å². The summed E-state index contributed by atoms with van der Waals surface area (Å²) in [6.45, 7) is 4.43. The maximum atomic E-state index is 12.3. The molecule has 4 nitrogen and oxygen atoms in total. The van der Waals surface area contributed by atoms with Crippen molar-refractivity contribution in [3.05, 3.63) is 12.2 Å². The first-order chi connectivity index (χ1) is 18.1. The number of carboxylic acid groups (broad SMARTS) is 1. The molecule has 1 atom stereocenters. The zero-order valence-corrected chi connectivity index (χ0v) is 24.8. The topological polar surface area (TPSA) is 63.6 Å². The maximum absolute atomic E-state index is 12.3. The second-order valence-corrected chi connectivity index (χ2v) is 11.0. The van der Waals surface area contributed by atoms with Crippen LogP contribution in [0.4, 0.5) is 0 Å². The Labute approximate surface area is 230 Å². The first-order valence-electron chi connectivity index (χ1n) is 16.2. The normalized spacial score (nSPS) is 12.3. The number of hydrogen-bond donors (Lipinski definition) is 1. The lowest BCUT2D eigenvalue weighted by molar-refractivity contribution is -0.150. The van der Waals surface area contributed by atoms with Gasteiger partial charge in [0.15, 0.2) is 0 Å². The lowest BCUT2D eigenvalue weighted by Crippen LogP contribution is -2.18. The third kappa shape index (κ3) is 29.1. The van der Waals surface area contributed by atoms with Crippen molar-refractivity contribution >= 4 is 11.9 Å². The summed E-state index contributed by atoms with van der Waals surface area (Å²) in [5.41, 5.74) is 0. The molecule has 0 aliphatic heterocycles. The molecule has 0 saturated heterocycles. The van der Waals surface area contributed by atoms with Crippen molar-refractivity contribution in [1.82, 2.24) is 0 Å². The molecule has 0 aromatic rings. The van der Waals surface area contributed by atoms with Gasteiger partial charge in [-0.25, -0.2) is 0 Å². The molecular formula is C33H62O4. The largest absolute Gasteiger partial charge is 0.481 e. The fourth-order valence-corrected chi connectivity index (χ4v) is 4.81. The van der Waals surface area contributed by atoms with Crippen LogP contribution in [0.5, 0.6) is 0 Å². The van der Waals surface area contributed by atoms with E-state index in [1.165, 1.54) is 96.3 Å². The van der Waals surface area contributed by atoms with Crippen LogP contribution in [0.15, 0.2) is 12.2 Å². The first kappa shape index (κ1) is 35.7. The highest BCUT2D eigenvalue weighted by Gasteiger charge is 2.14. The van der Waals surface area contributed by atoms with Crippen LogP contribution in [0.3, 0.4) is 0 Å². The van der Waals surface area contributed by atoms with Crippen molar-refractivity contribution in [3.8, 4) is 0 Å². The molecule has 0 aliphatic carbocycles. The van der Waals surface area contributed by atoms with Crippen LogP contribution in [0.2, 0.25) is 0 Å². The van der Waals surface area contributed by atoms with E-state index in [4.69, 9.17) is 9.84 Å². The van der Waals surface area contributed by atoms with E-state index in [9.17, 15) is 9.59 Å². The summed E-state index contributed by atoms with van der Waals surface area (Å²) >= 11 is 0. The minimum Gasteiger partial charge on any atom is -0.481 e. The van der Waals surface area contributed by atoms with Crippen LogP contribution < -0.4 is 0 Å². The van der Waals surface area contributed by atoms with Gasteiger partial charge in [0.1, 0.15) is 6.10 Å². The molecule has 0 heterocycles. The molecule has 0 bridgehead atoms. The molecule has 0 rings (SSSR count). The zero-order chi connectivity index (χ0) is 27.2. The summed E-state index contributed by atoms with van der Waals surface area (Å²) in [5.74, 6) is -0.779. The number of allylic oxidation sites excluding steroid dienone is 2. The number of carboxylic acids is 1. The molecule has 0 aliphatic rings. The van der Waals surface area contributed by atoms with E-state index >= 15 is 0 Å². The van der Waals surface area contributed by atoms with Crippen LogP contribution in [0.1, 0.15) is 181 Å². The van der Waals surface area contributed by atoms with Crippen molar-refractivity contribution < 1.29 is 19.4 Å². The zero-order valence-electron chi connectivity index (χ0n) is 24.8.